The fourth-order valence-electron chi connectivity index (χ4n) is 3.11. The van der Waals surface area contributed by atoms with Crippen molar-refractivity contribution < 1.29 is 13.2 Å². The van der Waals surface area contributed by atoms with E-state index in [0.717, 1.165) is 16.8 Å². The predicted octanol–water partition coefficient (Wildman–Crippen LogP) is 5.34. The highest BCUT2D eigenvalue weighted by atomic mass is 35.5. The Morgan fingerprint density at radius 2 is 1.57 bits per heavy atom. The van der Waals surface area contributed by atoms with Gasteiger partial charge in [0, 0.05) is 23.3 Å². The molecule has 0 saturated carbocycles. The maximum absolute atomic E-state index is 12.9. The van der Waals surface area contributed by atoms with Crippen LogP contribution in [0.4, 0.5) is 11.4 Å². The first-order valence-electron chi connectivity index (χ1n) is 9.33. The summed E-state index contributed by atoms with van der Waals surface area (Å²) in [6.07, 6.45) is 0. The standard InChI is InChI=1S/C23H23ClN2O3S/c1-15-5-6-16(2)21(13-15)25-23(27)18-7-12-22(17(3)14-18)26(4)30(28,29)20-10-8-19(24)9-11-20/h5-14H,1-4H3,(H,25,27). The van der Waals surface area contributed by atoms with Crippen LogP contribution in [0.25, 0.3) is 0 Å². The van der Waals surface area contributed by atoms with E-state index in [0.29, 0.717) is 21.8 Å². The van der Waals surface area contributed by atoms with E-state index in [9.17, 15) is 13.2 Å². The number of carbonyl (C=O) groups excluding carboxylic acids is 1. The van der Waals surface area contributed by atoms with E-state index in [1.807, 2.05) is 32.0 Å². The van der Waals surface area contributed by atoms with Gasteiger partial charge in [-0.2, -0.15) is 0 Å². The number of rotatable bonds is 5. The topological polar surface area (TPSA) is 66.5 Å². The number of benzene rings is 3. The lowest BCUT2D eigenvalue weighted by Crippen LogP contribution is -2.27. The molecule has 0 bridgehead atoms. The normalized spacial score (nSPS) is 11.2. The van der Waals surface area contributed by atoms with Gasteiger partial charge in [0.05, 0.1) is 10.6 Å². The predicted molar refractivity (Wildman–Crippen MR) is 122 cm³/mol. The minimum atomic E-state index is -3.75. The van der Waals surface area contributed by atoms with E-state index in [1.54, 1.807) is 25.1 Å². The van der Waals surface area contributed by atoms with Crippen LogP contribution in [0.1, 0.15) is 27.0 Å². The third-order valence-corrected chi connectivity index (χ3v) is 6.95. The summed E-state index contributed by atoms with van der Waals surface area (Å²) in [7, 11) is -2.26. The molecule has 0 aromatic heterocycles. The summed E-state index contributed by atoms with van der Waals surface area (Å²) in [6.45, 7) is 5.67. The molecule has 3 rings (SSSR count). The molecular formula is C23H23ClN2O3S. The molecule has 0 aliphatic rings. The number of anilines is 2. The van der Waals surface area contributed by atoms with Gasteiger partial charge in [0.2, 0.25) is 0 Å². The summed E-state index contributed by atoms with van der Waals surface area (Å²) in [4.78, 5) is 12.8. The quantitative estimate of drug-likeness (QED) is 0.579. The highest BCUT2D eigenvalue weighted by molar-refractivity contribution is 7.92. The van der Waals surface area contributed by atoms with Crippen LogP contribution in [0.3, 0.4) is 0 Å². The van der Waals surface area contributed by atoms with Crippen molar-refractivity contribution in [2.24, 2.45) is 0 Å². The summed E-state index contributed by atoms with van der Waals surface area (Å²) in [6, 6.07) is 16.8. The maximum atomic E-state index is 12.9. The second-order valence-electron chi connectivity index (χ2n) is 7.20. The lowest BCUT2D eigenvalue weighted by Gasteiger charge is -2.22. The smallest absolute Gasteiger partial charge is 0.264 e. The lowest BCUT2D eigenvalue weighted by atomic mass is 10.1. The molecule has 0 fully saturated rings. The summed E-state index contributed by atoms with van der Waals surface area (Å²) < 4.78 is 27.1. The average molecular weight is 443 g/mol. The Balaban J connectivity index is 1.86. The van der Waals surface area contributed by atoms with Gasteiger partial charge in [-0.05, 0) is 86.0 Å². The Labute approximate surface area is 182 Å². The van der Waals surface area contributed by atoms with Gasteiger partial charge in [-0.1, -0.05) is 23.7 Å². The van der Waals surface area contributed by atoms with Gasteiger partial charge in [-0.3, -0.25) is 9.10 Å². The second kappa shape index (κ2) is 8.50. The number of carbonyl (C=O) groups is 1. The van der Waals surface area contributed by atoms with Gasteiger partial charge in [0.1, 0.15) is 0 Å². The van der Waals surface area contributed by atoms with Crippen molar-refractivity contribution in [2.45, 2.75) is 25.7 Å². The van der Waals surface area contributed by atoms with Crippen molar-refractivity contribution in [3.63, 3.8) is 0 Å². The maximum Gasteiger partial charge on any atom is 0.264 e. The molecule has 1 N–H and O–H groups in total. The van der Waals surface area contributed by atoms with Gasteiger partial charge in [-0.15, -0.1) is 0 Å². The molecule has 0 radical (unpaired) electrons. The molecule has 3 aromatic carbocycles. The summed E-state index contributed by atoms with van der Waals surface area (Å²) >= 11 is 5.86. The van der Waals surface area contributed by atoms with E-state index in [2.05, 4.69) is 5.32 Å². The van der Waals surface area contributed by atoms with Crippen LogP contribution in [-0.2, 0) is 10.0 Å². The van der Waals surface area contributed by atoms with Crippen molar-refractivity contribution in [3.8, 4) is 0 Å². The third-order valence-electron chi connectivity index (χ3n) is 4.91. The Hall–Kier alpha value is -2.83. The lowest BCUT2D eigenvalue weighted by molar-refractivity contribution is 0.102. The Kier molecular flexibility index (Phi) is 6.19. The molecule has 0 atom stereocenters. The van der Waals surface area contributed by atoms with Crippen LogP contribution in [0, 0.1) is 20.8 Å². The molecule has 0 aliphatic carbocycles. The molecule has 0 unspecified atom stereocenters. The van der Waals surface area contributed by atoms with Gasteiger partial charge in [-0.25, -0.2) is 8.42 Å². The third kappa shape index (κ3) is 4.50. The Morgan fingerprint density at radius 3 is 2.20 bits per heavy atom. The summed E-state index contributed by atoms with van der Waals surface area (Å²) in [5, 5.41) is 3.39. The molecule has 0 aliphatic heterocycles. The second-order valence-corrected chi connectivity index (χ2v) is 9.61. The number of hydrogen-bond donors (Lipinski definition) is 1. The Bertz CT molecular complexity index is 1210. The van der Waals surface area contributed by atoms with Crippen molar-refractivity contribution in [1.29, 1.82) is 0 Å². The number of nitrogens with one attached hydrogen (secondary N) is 1. The number of hydrogen-bond acceptors (Lipinski definition) is 3. The van der Waals surface area contributed by atoms with E-state index < -0.39 is 10.0 Å². The molecule has 0 saturated heterocycles. The minimum absolute atomic E-state index is 0.144. The van der Waals surface area contributed by atoms with Crippen LogP contribution >= 0.6 is 11.6 Å². The summed E-state index contributed by atoms with van der Waals surface area (Å²) in [5.41, 5.74) is 4.39. The highest BCUT2D eigenvalue weighted by Gasteiger charge is 2.23. The first kappa shape index (κ1) is 21.9. The first-order chi connectivity index (χ1) is 14.1. The Morgan fingerprint density at radius 1 is 0.900 bits per heavy atom. The largest absolute Gasteiger partial charge is 0.322 e. The minimum Gasteiger partial charge on any atom is -0.322 e. The van der Waals surface area contributed by atoms with Crippen molar-refractivity contribution >= 4 is 38.9 Å². The fraction of sp³-hybridized carbons (Fsp3) is 0.174. The van der Waals surface area contributed by atoms with Gasteiger partial charge in [0.25, 0.3) is 15.9 Å². The first-order valence-corrected chi connectivity index (χ1v) is 11.1. The van der Waals surface area contributed by atoms with Crippen molar-refractivity contribution in [3.05, 3.63) is 87.9 Å². The zero-order chi connectivity index (χ0) is 22.1. The zero-order valence-corrected chi connectivity index (χ0v) is 18.8. The van der Waals surface area contributed by atoms with Crippen LogP contribution in [0.2, 0.25) is 5.02 Å². The van der Waals surface area contributed by atoms with Crippen LogP contribution in [0.15, 0.2) is 65.6 Å². The van der Waals surface area contributed by atoms with Crippen LogP contribution in [-0.4, -0.2) is 21.4 Å². The molecule has 7 heteroatoms. The number of nitrogens with zero attached hydrogens (tertiary/aromatic N) is 1. The molecule has 3 aromatic rings. The molecule has 156 valence electrons. The van der Waals surface area contributed by atoms with Crippen molar-refractivity contribution in [1.82, 2.24) is 0 Å². The SMILES string of the molecule is Cc1ccc(C)c(NC(=O)c2ccc(N(C)S(=O)(=O)c3ccc(Cl)cc3)c(C)c2)c1. The van der Waals surface area contributed by atoms with Crippen LogP contribution < -0.4 is 9.62 Å². The monoisotopic (exact) mass is 442 g/mol. The number of aryl methyl sites for hydroxylation is 3. The molecule has 0 spiro atoms. The molecular weight excluding hydrogens is 420 g/mol. The van der Waals surface area contributed by atoms with E-state index in [1.165, 1.54) is 35.6 Å². The number of amides is 1. The molecule has 5 nitrogen and oxygen atoms in total. The summed E-state index contributed by atoms with van der Waals surface area (Å²) in [5.74, 6) is -0.249. The number of sulfonamides is 1. The molecule has 1 amide bonds. The molecule has 30 heavy (non-hydrogen) atoms. The van der Waals surface area contributed by atoms with E-state index >= 15 is 0 Å². The highest BCUT2D eigenvalue weighted by Crippen LogP contribution is 2.27. The molecule has 0 heterocycles. The number of halogens is 1. The van der Waals surface area contributed by atoms with Crippen molar-refractivity contribution in [2.75, 3.05) is 16.7 Å². The van der Waals surface area contributed by atoms with E-state index in [-0.39, 0.29) is 10.8 Å². The average Bonchev–Trinajstić information content (AvgIpc) is 2.70. The zero-order valence-electron chi connectivity index (χ0n) is 17.2. The van der Waals surface area contributed by atoms with E-state index in [4.69, 9.17) is 11.6 Å². The van der Waals surface area contributed by atoms with Gasteiger partial charge in [0.15, 0.2) is 0 Å². The van der Waals surface area contributed by atoms with Gasteiger partial charge < -0.3 is 5.32 Å². The van der Waals surface area contributed by atoms with Gasteiger partial charge >= 0.3 is 0 Å². The van der Waals surface area contributed by atoms with Crippen LogP contribution in [0.5, 0.6) is 0 Å². The fourth-order valence-corrected chi connectivity index (χ4v) is 4.50.